The van der Waals surface area contributed by atoms with Crippen LogP contribution in [0.2, 0.25) is 0 Å². The highest BCUT2D eigenvalue weighted by molar-refractivity contribution is 8.00. The highest BCUT2D eigenvalue weighted by atomic mass is 32.2. The molecule has 0 spiro atoms. The molecule has 0 aromatic rings. The molecule has 268 valence electrons. The normalized spacial score (nSPS) is 16.1. The highest BCUT2D eigenvalue weighted by Crippen LogP contribution is 2.25. The second kappa shape index (κ2) is 27.5. The summed E-state index contributed by atoms with van der Waals surface area (Å²) in [6, 6.07) is -1.11. The Labute approximate surface area is 294 Å². The quantitative estimate of drug-likeness (QED) is 0.0627. The van der Waals surface area contributed by atoms with E-state index in [9.17, 15) is 28.8 Å². The zero-order valence-electron chi connectivity index (χ0n) is 28.8. The molecule has 0 saturated carbocycles. The Kier molecular flexibility index (Phi) is 23.9. The van der Waals surface area contributed by atoms with E-state index in [1.54, 1.807) is 0 Å². The van der Waals surface area contributed by atoms with E-state index in [1.807, 2.05) is 12.2 Å². The Morgan fingerprint density at radius 2 is 1.37 bits per heavy atom. The Hall–Kier alpha value is -4.45. The number of esters is 2. The molecule has 0 radical (unpaired) electrons. The molecule has 2 N–H and O–H groups in total. The van der Waals surface area contributed by atoms with Crippen molar-refractivity contribution in [2.75, 3.05) is 33.1 Å². The molecule has 11 nitrogen and oxygen atoms in total. The summed E-state index contributed by atoms with van der Waals surface area (Å²) in [6.45, 7) is 2.30. The predicted octanol–water partition coefficient (Wildman–Crippen LogP) is 4.83. The molecule has 1 aliphatic rings. The number of rotatable bonds is 24. The Balaban J connectivity index is 2.26. The Bertz CT molecular complexity index is 1280. The van der Waals surface area contributed by atoms with Crippen LogP contribution in [0.1, 0.15) is 64.7 Å². The maximum atomic E-state index is 12.8. The number of nitrogens with one attached hydrogen (secondary N) is 2. The van der Waals surface area contributed by atoms with Crippen molar-refractivity contribution in [3.8, 4) is 0 Å². The Morgan fingerprint density at radius 1 is 0.816 bits per heavy atom. The maximum Gasteiger partial charge on any atom is 0.330 e. The van der Waals surface area contributed by atoms with Gasteiger partial charge < -0.3 is 20.1 Å². The van der Waals surface area contributed by atoms with E-state index < -0.39 is 35.0 Å². The molecule has 1 aliphatic heterocycles. The number of nitrogens with zero attached hydrogens (tertiary/aromatic N) is 1. The zero-order valence-corrected chi connectivity index (χ0v) is 29.7. The van der Waals surface area contributed by atoms with Gasteiger partial charge in [-0.05, 0) is 44.9 Å². The van der Waals surface area contributed by atoms with Crippen LogP contribution in [0, 0.1) is 0 Å². The minimum atomic E-state index is -1.11. The summed E-state index contributed by atoms with van der Waals surface area (Å²) in [5.41, 5.74) is 0. The summed E-state index contributed by atoms with van der Waals surface area (Å²) < 4.78 is 9.13. The third-order valence-corrected chi connectivity index (χ3v) is 8.13. The predicted molar refractivity (Wildman–Crippen MR) is 193 cm³/mol. The van der Waals surface area contributed by atoms with Crippen LogP contribution in [0.3, 0.4) is 0 Å². The third kappa shape index (κ3) is 20.5. The van der Waals surface area contributed by atoms with Gasteiger partial charge in [-0.2, -0.15) is 0 Å². The first-order chi connectivity index (χ1) is 23.7. The fourth-order valence-corrected chi connectivity index (χ4v) is 5.40. The van der Waals surface area contributed by atoms with Crippen LogP contribution in [0.15, 0.2) is 85.1 Å². The van der Waals surface area contributed by atoms with E-state index in [-0.39, 0.29) is 43.5 Å². The van der Waals surface area contributed by atoms with E-state index >= 15 is 0 Å². The van der Waals surface area contributed by atoms with Gasteiger partial charge in [0.05, 0.1) is 19.5 Å². The molecular weight excluding hydrogens is 646 g/mol. The lowest BCUT2D eigenvalue weighted by Crippen LogP contribution is -2.43. The van der Waals surface area contributed by atoms with Crippen LogP contribution in [-0.4, -0.2) is 84.8 Å². The molecule has 1 heterocycles. The number of imide groups is 1. The third-order valence-electron chi connectivity index (χ3n) is 6.83. The molecule has 0 aromatic heterocycles. The fourth-order valence-electron chi connectivity index (χ4n) is 4.22. The molecule has 1 fully saturated rings. The van der Waals surface area contributed by atoms with E-state index in [1.165, 1.54) is 0 Å². The number of likely N-dealkylation sites (tertiary alicyclic amines) is 1. The SMILES string of the molecule is CC/C=C\C/C=C\C/C=C\C/C=C\C/C=C\C/C=C\CCC(=O)NCCN1C(=O)CC(SC[C@H](NC(=O)C=CC(=O)OC)C(=O)OC)C1=O. The van der Waals surface area contributed by atoms with Gasteiger partial charge in [0.15, 0.2) is 0 Å². The van der Waals surface area contributed by atoms with Gasteiger partial charge in [-0.15, -0.1) is 11.8 Å². The minimum Gasteiger partial charge on any atom is -0.467 e. The second-order valence-corrected chi connectivity index (χ2v) is 11.9. The molecule has 1 saturated heterocycles. The van der Waals surface area contributed by atoms with Crippen LogP contribution in [0.4, 0.5) is 0 Å². The maximum absolute atomic E-state index is 12.8. The molecule has 0 bridgehead atoms. The Morgan fingerprint density at radius 3 is 1.90 bits per heavy atom. The summed E-state index contributed by atoms with van der Waals surface area (Å²) in [5, 5.41) is 4.40. The number of carbonyl (C=O) groups excluding carboxylic acids is 6. The average molecular weight is 698 g/mol. The first kappa shape index (κ1) is 42.6. The molecular formula is C37H51N3O8S. The van der Waals surface area contributed by atoms with Crippen molar-refractivity contribution in [3.05, 3.63) is 85.1 Å². The summed E-state index contributed by atoms with van der Waals surface area (Å²) in [4.78, 5) is 73.9. The minimum absolute atomic E-state index is 0.0344. The zero-order chi connectivity index (χ0) is 36.1. The van der Waals surface area contributed by atoms with Crippen molar-refractivity contribution in [1.82, 2.24) is 15.5 Å². The summed E-state index contributed by atoms with van der Waals surface area (Å²) >= 11 is 1.04. The van der Waals surface area contributed by atoms with Gasteiger partial charge >= 0.3 is 11.9 Å². The molecule has 2 atom stereocenters. The van der Waals surface area contributed by atoms with E-state index in [0.717, 1.165) is 81.6 Å². The lowest BCUT2D eigenvalue weighted by molar-refractivity contribution is -0.144. The van der Waals surface area contributed by atoms with Gasteiger partial charge in [0.25, 0.3) is 0 Å². The summed E-state index contributed by atoms with van der Waals surface area (Å²) in [6.07, 6.45) is 33.7. The van der Waals surface area contributed by atoms with Crippen LogP contribution in [0.5, 0.6) is 0 Å². The summed E-state index contributed by atoms with van der Waals surface area (Å²) in [7, 11) is 2.31. The highest BCUT2D eigenvalue weighted by Gasteiger charge is 2.39. The van der Waals surface area contributed by atoms with Gasteiger partial charge in [-0.25, -0.2) is 9.59 Å². The van der Waals surface area contributed by atoms with Gasteiger partial charge in [0, 0.05) is 43.8 Å². The molecule has 0 aromatic carbocycles. The van der Waals surface area contributed by atoms with Gasteiger partial charge in [0.1, 0.15) is 6.04 Å². The number of hydrogen-bond donors (Lipinski definition) is 2. The molecule has 1 unspecified atom stereocenters. The number of allylic oxidation sites excluding steroid dienone is 12. The first-order valence-electron chi connectivity index (χ1n) is 16.5. The monoisotopic (exact) mass is 697 g/mol. The fraction of sp³-hybridized carbons (Fsp3) is 0.459. The average Bonchev–Trinajstić information content (AvgIpc) is 3.37. The van der Waals surface area contributed by atoms with E-state index in [2.05, 4.69) is 83.1 Å². The van der Waals surface area contributed by atoms with Crippen molar-refractivity contribution in [1.29, 1.82) is 0 Å². The lowest BCUT2D eigenvalue weighted by Gasteiger charge is -2.18. The van der Waals surface area contributed by atoms with Crippen LogP contribution in [-0.2, 0) is 38.2 Å². The van der Waals surface area contributed by atoms with Gasteiger partial charge in [-0.1, -0.05) is 79.8 Å². The molecule has 1 rings (SSSR count). The molecule has 0 aliphatic carbocycles. The molecule has 12 heteroatoms. The van der Waals surface area contributed by atoms with Crippen LogP contribution in [0.25, 0.3) is 0 Å². The number of carbonyl (C=O) groups is 6. The topological polar surface area (TPSA) is 148 Å². The number of amides is 4. The smallest absolute Gasteiger partial charge is 0.330 e. The van der Waals surface area contributed by atoms with Crippen LogP contribution < -0.4 is 10.6 Å². The van der Waals surface area contributed by atoms with Crippen molar-refractivity contribution in [2.24, 2.45) is 0 Å². The van der Waals surface area contributed by atoms with Crippen molar-refractivity contribution >= 4 is 47.3 Å². The van der Waals surface area contributed by atoms with Crippen molar-refractivity contribution in [2.45, 2.75) is 76.0 Å². The lowest BCUT2D eigenvalue weighted by atomic mass is 10.2. The second-order valence-electron chi connectivity index (χ2n) is 10.7. The van der Waals surface area contributed by atoms with E-state index in [4.69, 9.17) is 4.74 Å². The van der Waals surface area contributed by atoms with Gasteiger partial charge in [-0.3, -0.25) is 24.1 Å². The molecule has 49 heavy (non-hydrogen) atoms. The number of hydrogen-bond acceptors (Lipinski definition) is 9. The number of ether oxygens (including phenoxy) is 2. The van der Waals surface area contributed by atoms with Gasteiger partial charge in [0.2, 0.25) is 23.6 Å². The largest absolute Gasteiger partial charge is 0.467 e. The number of thioether (sulfide) groups is 1. The van der Waals surface area contributed by atoms with E-state index in [0.29, 0.717) is 6.42 Å². The standard InChI is InChI=1S/C37H51N3O8S/c1-4-5-6-7-8-9-10-11-12-13-14-15-16-17-18-19-20-21-22-23-32(41)38-26-27-40-34(43)28-31(36(40)45)49-29-30(37(46)48-3)39-33(42)24-25-35(44)47-2/h5-6,8-9,11-12,14-15,17-18,20-21,24-25,30-31H,4,7,10,13,16,19,22-23,26-29H2,1-3H3,(H,38,41)(H,39,42)/b6-5-,9-8-,12-11-,15-14-,18-17-,21-20-,25-24?/t30-,31?/m0/s1. The molecule has 4 amide bonds. The first-order valence-corrected chi connectivity index (χ1v) is 17.5. The van der Waals surface area contributed by atoms with Crippen LogP contribution >= 0.6 is 11.8 Å². The number of methoxy groups -OCH3 is 2. The summed E-state index contributed by atoms with van der Waals surface area (Å²) in [5.74, 6) is -3.23. The van der Waals surface area contributed by atoms with Crippen molar-refractivity contribution in [3.63, 3.8) is 0 Å². The van der Waals surface area contributed by atoms with Crippen molar-refractivity contribution < 1.29 is 38.2 Å².